The van der Waals surface area contributed by atoms with Gasteiger partial charge in [-0.05, 0) is 11.6 Å². The third-order valence-corrected chi connectivity index (χ3v) is 2.95. The topological polar surface area (TPSA) is 43.6 Å². The fourth-order valence-electron chi connectivity index (χ4n) is 1.90. The van der Waals surface area contributed by atoms with Gasteiger partial charge in [-0.1, -0.05) is 62.9 Å². The van der Waals surface area contributed by atoms with Crippen LogP contribution in [0.15, 0.2) is 30.3 Å². The van der Waals surface area contributed by atoms with E-state index in [1.165, 1.54) is 25.7 Å². The maximum absolute atomic E-state index is 4.39. The van der Waals surface area contributed by atoms with Crippen LogP contribution < -0.4 is 0 Å². The molecule has 0 saturated heterocycles. The van der Waals surface area contributed by atoms with Crippen LogP contribution in [0.5, 0.6) is 0 Å². The number of hydrogen-bond donors (Lipinski definition) is 0. The van der Waals surface area contributed by atoms with Crippen molar-refractivity contribution in [1.82, 2.24) is 20.2 Å². The van der Waals surface area contributed by atoms with Crippen LogP contribution in [0, 0.1) is 0 Å². The minimum Gasteiger partial charge on any atom is -0.164 e. The zero-order valence-electron chi connectivity index (χ0n) is 10.9. The summed E-state index contributed by atoms with van der Waals surface area (Å²) in [4.78, 5) is 1.70. The van der Waals surface area contributed by atoms with Gasteiger partial charge in [-0.25, -0.2) is 0 Å². The van der Waals surface area contributed by atoms with Gasteiger partial charge in [0, 0.05) is 5.56 Å². The van der Waals surface area contributed by atoms with E-state index in [0.29, 0.717) is 5.82 Å². The van der Waals surface area contributed by atoms with E-state index in [1.54, 1.807) is 4.80 Å². The largest absolute Gasteiger partial charge is 0.204 e. The predicted molar refractivity (Wildman–Crippen MR) is 72.0 cm³/mol. The molecule has 0 saturated carbocycles. The van der Waals surface area contributed by atoms with E-state index >= 15 is 0 Å². The lowest BCUT2D eigenvalue weighted by Gasteiger charge is -1.98. The molecule has 4 nitrogen and oxygen atoms in total. The Hall–Kier alpha value is -1.71. The molecule has 0 N–H and O–H groups in total. The second-order valence-corrected chi connectivity index (χ2v) is 4.49. The van der Waals surface area contributed by atoms with Crippen LogP contribution in [0.2, 0.25) is 0 Å². The Morgan fingerprint density at radius 1 is 1.00 bits per heavy atom. The molecule has 0 bridgehead atoms. The number of hydrogen-bond acceptors (Lipinski definition) is 3. The minimum atomic E-state index is 0.712. The van der Waals surface area contributed by atoms with Gasteiger partial charge in [0.25, 0.3) is 0 Å². The predicted octanol–water partition coefficient (Wildman–Crippen LogP) is 3.31. The monoisotopic (exact) mass is 244 g/mol. The molecule has 1 aromatic heterocycles. The van der Waals surface area contributed by atoms with Crippen LogP contribution in [0.3, 0.4) is 0 Å². The zero-order valence-corrected chi connectivity index (χ0v) is 10.9. The Kier molecular flexibility index (Phi) is 4.88. The highest BCUT2D eigenvalue weighted by Gasteiger charge is 2.04. The van der Waals surface area contributed by atoms with Crippen LogP contribution in [-0.4, -0.2) is 20.2 Å². The van der Waals surface area contributed by atoms with E-state index in [0.717, 1.165) is 18.5 Å². The van der Waals surface area contributed by atoms with E-state index in [-0.39, 0.29) is 0 Å². The fourth-order valence-corrected chi connectivity index (χ4v) is 1.90. The van der Waals surface area contributed by atoms with Crippen LogP contribution in [-0.2, 0) is 6.54 Å². The molecule has 0 amide bonds. The molecule has 0 fully saturated rings. The molecule has 1 aromatic carbocycles. The van der Waals surface area contributed by atoms with Crippen molar-refractivity contribution in [3.8, 4) is 11.4 Å². The minimum absolute atomic E-state index is 0.712. The van der Waals surface area contributed by atoms with E-state index in [1.807, 2.05) is 30.3 Å². The number of tetrazole rings is 1. The summed E-state index contributed by atoms with van der Waals surface area (Å²) in [5.41, 5.74) is 1.02. The normalized spacial score (nSPS) is 10.7. The van der Waals surface area contributed by atoms with Crippen molar-refractivity contribution < 1.29 is 0 Å². The average Bonchev–Trinajstić information content (AvgIpc) is 2.88. The van der Waals surface area contributed by atoms with Gasteiger partial charge < -0.3 is 0 Å². The molecular formula is C14H20N4. The second kappa shape index (κ2) is 6.89. The first-order valence-corrected chi connectivity index (χ1v) is 6.73. The van der Waals surface area contributed by atoms with Crippen LogP contribution in [0.25, 0.3) is 11.4 Å². The van der Waals surface area contributed by atoms with Crippen molar-refractivity contribution in [3.63, 3.8) is 0 Å². The molecule has 0 aliphatic rings. The van der Waals surface area contributed by atoms with E-state index in [4.69, 9.17) is 0 Å². The molecule has 18 heavy (non-hydrogen) atoms. The molecule has 0 spiro atoms. The molecule has 4 heteroatoms. The first kappa shape index (κ1) is 12.7. The summed E-state index contributed by atoms with van der Waals surface area (Å²) in [6.45, 7) is 3.09. The Morgan fingerprint density at radius 3 is 2.56 bits per heavy atom. The van der Waals surface area contributed by atoms with Crippen molar-refractivity contribution in [2.75, 3.05) is 0 Å². The van der Waals surface area contributed by atoms with Gasteiger partial charge >= 0.3 is 0 Å². The summed E-state index contributed by atoms with van der Waals surface area (Å²) < 4.78 is 0. The zero-order chi connectivity index (χ0) is 12.6. The third kappa shape index (κ3) is 3.65. The van der Waals surface area contributed by atoms with Crippen molar-refractivity contribution in [2.24, 2.45) is 0 Å². The fraction of sp³-hybridized carbons (Fsp3) is 0.500. The van der Waals surface area contributed by atoms with E-state index < -0.39 is 0 Å². The second-order valence-electron chi connectivity index (χ2n) is 4.49. The molecular weight excluding hydrogens is 224 g/mol. The third-order valence-electron chi connectivity index (χ3n) is 2.95. The molecule has 0 aliphatic carbocycles. The Morgan fingerprint density at radius 2 is 1.78 bits per heavy atom. The van der Waals surface area contributed by atoms with E-state index in [2.05, 4.69) is 22.3 Å². The molecule has 0 atom stereocenters. The van der Waals surface area contributed by atoms with Gasteiger partial charge in [-0.2, -0.15) is 4.80 Å². The van der Waals surface area contributed by atoms with Crippen LogP contribution in [0.1, 0.15) is 39.0 Å². The van der Waals surface area contributed by atoms with Crippen molar-refractivity contribution in [1.29, 1.82) is 0 Å². The maximum Gasteiger partial charge on any atom is 0.204 e. The number of benzene rings is 1. The number of unbranched alkanes of at least 4 members (excludes halogenated alkanes) is 4. The van der Waals surface area contributed by atoms with Gasteiger partial charge in [0.15, 0.2) is 0 Å². The van der Waals surface area contributed by atoms with Crippen LogP contribution in [0.4, 0.5) is 0 Å². The average molecular weight is 244 g/mol. The summed E-state index contributed by atoms with van der Waals surface area (Å²) in [5, 5.41) is 12.6. The maximum atomic E-state index is 4.39. The van der Waals surface area contributed by atoms with Gasteiger partial charge in [0.2, 0.25) is 5.82 Å². The first-order chi connectivity index (χ1) is 8.90. The Labute approximate surface area is 108 Å². The Balaban J connectivity index is 1.83. The SMILES string of the molecule is CCCCCCCn1nnc(-c2ccccc2)n1. The van der Waals surface area contributed by atoms with Gasteiger partial charge in [0.05, 0.1) is 6.54 Å². The molecule has 2 aromatic rings. The highest BCUT2D eigenvalue weighted by atomic mass is 15.6. The molecule has 96 valence electrons. The number of nitrogens with zero attached hydrogens (tertiary/aromatic N) is 4. The summed E-state index contributed by atoms with van der Waals surface area (Å²) in [7, 11) is 0. The molecule has 0 aliphatic heterocycles. The molecule has 0 unspecified atom stereocenters. The molecule has 2 rings (SSSR count). The summed E-state index contributed by atoms with van der Waals surface area (Å²) in [6, 6.07) is 9.97. The lowest BCUT2D eigenvalue weighted by Crippen LogP contribution is -2.02. The van der Waals surface area contributed by atoms with Crippen molar-refractivity contribution >= 4 is 0 Å². The van der Waals surface area contributed by atoms with Crippen molar-refractivity contribution in [2.45, 2.75) is 45.6 Å². The van der Waals surface area contributed by atoms with Gasteiger partial charge in [-0.15, -0.1) is 10.2 Å². The lowest BCUT2D eigenvalue weighted by atomic mass is 10.2. The smallest absolute Gasteiger partial charge is 0.164 e. The molecule has 1 heterocycles. The quantitative estimate of drug-likeness (QED) is 0.702. The van der Waals surface area contributed by atoms with Crippen molar-refractivity contribution in [3.05, 3.63) is 30.3 Å². The number of aryl methyl sites for hydroxylation is 1. The highest BCUT2D eigenvalue weighted by molar-refractivity contribution is 5.52. The first-order valence-electron chi connectivity index (χ1n) is 6.73. The van der Waals surface area contributed by atoms with E-state index in [9.17, 15) is 0 Å². The number of rotatable bonds is 7. The van der Waals surface area contributed by atoms with Gasteiger partial charge in [-0.3, -0.25) is 0 Å². The summed E-state index contributed by atoms with van der Waals surface area (Å²) in [6.07, 6.45) is 6.27. The van der Waals surface area contributed by atoms with Crippen LogP contribution >= 0.6 is 0 Å². The summed E-state index contributed by atoms with van der Waals surface area (Å²) in [5.74, 6) is 0.712. The molecule has 0 radical (unpaired) electrons. The lowest BCUT2D eigenvalue weighted by molar-refractivity contribution is 0.477. The van der Waals surface area contributed by atoms with Gasteiger partial charge in [0.1, 0.15) is 0 Å². The standard InChI is InChI=1S/C14H20N4/c1-2-3-4-5-9-12-18-16-14(15-17-18)13-10-7-6-8-11-13/h6-8,10-11H,2-5,9,12H2,1H3. The number of aromatic nitrogens is 4. The summed E-state index contributed by atoms with van der Waals surface area (Å²) >= 11 is 0. The highest BCUT2D eigenvalue weighted by Crippen LogP contribution is 2.12. The Bertz CT molecular complexity index is 450.